The van der Waals surface area contributed by atoms with E-state index in [-0.39, 0.29) is 11.6 Å². The molecule has 3 aromatic carbocycles. The van der Waals surface area contributed by atoms with Crippen molar-refractivity contribution in [3.05, 3.63) is 77.4 Å². The molecule has 3 aromatic rings. The quantitative estimate of drug-likeness (QED) is 0.528. The van der Waals surface area contributed by atoms with Crippen LogP contribution in [0.2, 0.25) is 0 Å². The Labute approximate surface area is 176 Å². The number of anilines is 1. The topological polar surface area (TPSA) is 75.3 Å². The van der Waals surface area contributed by atoms with Crippen LogP contribution in [0, 0.1) is 6.92 Å². The van der Waals surface area contributed by atoms with Gasteiger partial charge in [-0.25, -0.2) is 8.42 Å². The lowest BCUT2D eigenvalue weighted by molar-refractivity contribution is 0.0957. The largest absolute Gasteiger partial charge is 0.351 e. The van der Waals surface area contributed by atoms with E-state index in [9.17, 15) is 13.2 Å². The zero-order chi connectivity index (χ0) is 20.9. The standard InChI is InChI=1S/C22H24N2O3S2/c1-16-7-9-17(10-8-16)15-28-12-11-23-22(25)20-13-18-5-3-4-6-19(18)14-21(20)24-29(2,26)27/h3-10,13-14,24H,11-12,15H2,1-2H3,(H,23,25). The van der Waals surface area contributed by atoms with E-state index < -0.39 is 10.0 Å². The third-order valence-electron chi connectivity index (χ3n) is 4.35. The zero-order valence-corrected chi connectivity index (χ0v) is 18.1. The van der Waals surface area contributed by atoms with Crippen LogP contribution < -0.4 is 10.0 Å². The van der Waals surface area contributed by atoms with Crippen LogP contribution in [0.15, 0.2) is 60.7 Å². The van der Waals surface area contributed by atoms with Crippen molar-refractivity contribution in [2.24, 2.45) is 0 Å². The molecule has 0 fully saturated rings. The van der Waals surface area contributed by atoms with Gasteiger partial charge in [0.15, 0.2) is 0 Å². The number of carbonyl (C=O) groups excluding carboxylic acids is 1. The molecule has 0 saturated heterocycles. The van der Waals surface area contributed by atoms with Gasteiger partial charge in [0, 0.05) is 18.1 Å². The molecule has 0 heterocycles. The molecule has 7 heteroatoms. The molecule has 0 unspecified atom stereocenters. The lowest BCUT2D eigenvalue weighted by Gasteiger charge is -2.13. The van der Waals surface area contributed by atoms with Crippen molar-refractivity contribution in [3.8, 4) is 0 Å². The van der Waals surface area contributed by atoms with Crippen LogP contribution in [0.3, 0.4) is 0 Å². The third kappa shape index (κ3) is 6.24. The van der Waals surface area contributed by atoms with Crippen LogP contribution in [0.1, 0.15) is 21.5 Å². The number of hydrogen-bond donors (Lipinski definition) is 2. The lowest BCUT2D eigenvalue weighted by Crippen LogP contribution is -2.27. The summed E-state index contributed by atoms with van der Waals surface area (Å²) >= 11 is 1.74. The van der Waals surface area contributed by atoms with Crippen LogP contribution in [0.5, 0.6) is 0 Å². The van der Waals surface area contributed by atoms with Gasteiger partial charge in [-0.2, -0.15) is 11.8 Å². The Morgan fingerprint density at radius 1 is 1.00 bits per heavy atom. The first-order valence-electron chi connectivity index (χ1n) is 9.24. The van der Waals surface area contributed by atoms with Crippen molar-refractivity contribution in [1.29, 1.82) is 0 Å². The van der Waals surface area contributed by atoms with E-state index in [0.717, 1.165) is 28.5 Å². The van der Waals surface area contributed by atoms with E-state index in [1.54, 1.807) is 23.9 Å². The van der Waals surface area contributed by atoms with Gasteiger partial charge in [0.05, 0.1) is 17.5 Å². The Morgan fingerprint density at radius 3 is 2.31 bits per heavy atom. The molecule has 2 N–H and O–H groups in total. The summed E-state index contributed by atoms with van der Waals surface area (Å²) in [5, 5.41) is 4.64. The molecule has 3 rings (SSSR count). The minimum Gasteiger partial charge on any atom is -0.351 e. The molecule has 29 heavy (non-hydrogen) atoms. The van der Waals surface area contributed by atoms with Gasteiger partial charge >= 0.3 is 0 Å². The second-order valence-electron chi connectivity index (χ2n) is 6.91. The molecule has 1 amide bonds. The summed E-state index contributed by atoms with van der Waals surface area (Å²) in [7, 11) is -3.50. The number of aryl methyl sites for hydroxylation is 1. The Morgan fingerprint density at radius 2 is 1.66 bits per heavy atom. The number of rotatable bonds is 8. The summed E-state index contributed by atoms with van der Waals surface area (Å²) in [6, 6.07) is 19.3. The minimum atomic E-state index is -3.50. The van der Waals surface area contributed by atoms with Crippen LogP contribution in [-0.2, 0) is 15.8 Å². The summed E-state index contributed by atoms with van der Waals surface area (Å²) in [6.45, 7) is 2.56. The van der Waals surface area contributed by atoms with Crippen LogP contribution in [0.4, 0.5) is 5.69 Å². The van der Waals surface area contributed by atoms with E-state index in [1.807, 2.05) is 24.3 Å². The first kappa shape index (κ1) is 21.2. The number of carbonyl (C=O) groups is 1. The Hall–Kier alpha value is -2.51. The fourth-order valence-electron chi connectivity index (χ4n) is 2.92. The normalized spacial score (nSPS) is 11.4. The van der Waals surface area contributed by atoms with Gasteiger partial charge in [0.1, 0.15) is 0 Å². The van der Waals surface area contributed by atoms with Crippen molar-refractivity contribution in [3.63, 3.8) is 0 Å². The number of amides is 1. The Bertz CT molecular complexity index is 1110. The second kappa shape index (κ2) is 9.33. The fourth-order valence-corrected chi connectivity index (χ4v) is 4.31. The summed E-state index contributed by atoms with van der Waals surface area (Å²) in [6.07, 6.45) is 1.07. The second-order valence-corrected chi connectivity index (χ2v) is 9.77. The van der Waals surface area contributed by atoms with E-state index in [2.05, 4.69) is 41.2 Å². The highest BCUT2D eigenvalue weighted by molar-refractivity contribution is 7.98. The number of thioether (sulfide) groups is 1. The third-order valence-corrected chi connectivity index (χ3v) is 5.97. The first-order chi connectivity index (χ1) is 13.8. The van der Waals surface area contributed by atoms with Gasteiger partial charge < -0.3 is 5.32 Å². The van der Waals surface area contributed by atoms with Crippen molar-refractivity contribution in [2.45, 2.75) is 12.7 Å². The molecule has 0 aliphatic carbocycles. The predicted octanol–water partition coefficient (Wildman–Crippen LogP) is 4.18. The van der Waals surface area contributed by atoms with E-state index in [1.165, 1.54) is 11.1 Å². The summed E-state index contributed by atoms with van der Waals surface area (Å²) in [5.41, 5.74) is 3.09. The Kier molecular flexibility index (Phi) is 6.82. The summed E-state index contributed by atoms with van der Waals surface area (Å²) in [4.78, 5) is 12.7. The SMILES string of the molecule is Cc1ccc(CSCCNC(=O)c2cc3ccccc3cc2NS(C)(=O)=O)cc1. The molecule has 0 aliphatic rings. The molecular formula is C22H24N2O3S2. The highest BCUT2D eigenvalue weighted by Crippen LogP contribution is 2.25. The predicted molar refractivity (Wildman–Crippen MR) is 122 cm³/mol. The zero-order valence-electron chi connectivity index (χ0n) is 16.4. The maximum atomic E-state index is 12.7. The van der Waals surface area contributed by atoms with Crippen LogP contribution >= 0.6 is 11.8 Å². The van der Waals surface area contributed by atoms with Gasteiger partial charge in [-0.3, -0.25) is 9.52 Å². The van der Waals surface area contributed by atoms with Crippen molar-refractivity contribution in [1.82, 2.24) is 5.32 Å². The number of hydrogen-bond acceptors (Lipinski definition) is 4. The number of fused-ring (bicyclic) bond motifs is 1. The molecular weight excluding hydrogens is 404 g/mol. The molecule has 152 valence electrons. The highest BCUT2D eigenvalue weighted by atomic mass is 32.2. The van der Waals surface area contributed by atoms with Crippen LogP contribution in [-0.4, -0.2) is 32.9 Å². The molecule has 0 aliphatic heterocycles. The van der Waals surface area contributed by atoms with Crippen molar-refractivity contribution >= 4 is 44.2 Å². The average molecular weight is 429 g/mol. The molecule has 0 aromatic heterocycles. The van der Waals surface area contributed by atoms with E-state index in [0.29, 0.717) is 12.1 Å². The van der Waals surface area contributed by atoms with Gasteiger partial charge in [-0.05, 0) is 35.4 Å². The molecule has 0 bridgehead atoms. The van der Waals surface area contributed by atoms with Gasteiger partial charge in [-0.15, -0.1) is 0 Å². The van der Waals surface area contributed by atoms with Gasteiger partial charge in [0.2, 0.25) is 10.0 Å². The van der Waals surface area contributed by atoms with Crippen molar-refractivity contribution in [2.75, 3.05) is 23.3 Å². The molecule has 5 nitrogen and oxygen atoms in total. The fraction of sp³-hybridized carbons (Fsp3) is 0.227. The highest BCUT2D eigenvalue weighted by Gasteiger charge is 2.15. The maximum Gasteiger partial charge on any atom is 0.253 e. The Balaban J connectivity index is 1.64. The van der Waals surface area contributed by atoms with E-state index in [4.69, 9.17) is 0 Å². The first-order valence-corrected chi connectivity index (χ1v) is 12.3. The minimum absolute atomic E-state index is 0.288. The number of benzene rings is 3. The number of nitrogens with one attached hydrogen (secondary N) is 2. The average Bonchev–Trinajstić information content (AvgIpc) is 2.67. The smallest absolute Gasteiger partial charge is 0.253 e. The molecule has 0 saturated carbocycles. The summed E-state index contributed by atoms with van der Waals surface area (Å²) < 4.78 is 25.9. The monoisotopic (exact) mass is 428 g/mol. The van der Waals surface area contributed by atoms with Gasteiger partial charge in [0.25, 0.3) is 5.91 Å². The number of sulfonamides is 1. The van der Waals surface area contributed by atoms with Crippen molar-refractivity contribution < 1.29 is 13.2 Å². The summed E-state index contributed by atoms with van der Waals surface area (Å²) in [5.74, 6) is 1.35. The lowest BCUT2D eigenvalue weighted by atomic mass is 10.0. The molecule has 0 spiro atoms. The maximum absolute atomic E-state index is 12.7. The van der Waals surface area contributed by atoms with E-state index >= 15 is 0 Å². The van der Waals surface area contributed by atoms with Crippen LogP contribution in [0.25, 0.3) is 10.8 Å². The van der Waals surface area contributed by atoms with Gasteiger partial charge in [-0.1, -0.05) is 54.1 Å². The molecule has 0 atom stereocenters. The molecule has 0 radical (unpaired) electrons.